The van der Waals surface area contributed by atoms with Gasteiger partial charge in [0, 0.05) is 70.3 Å². The van der Waals surface area contributed by atoms with Crippen LogP contribution in [-0.4, -0.2) is 103 Å². The van der Waals surface area contributed by atoms with Crippen molar-refractivity contribution in [3.8, 4) is 6.07 Å². The van der Waals surface area contributed by atoms with E-state index in [4.69, 9.17) is 15.7 Å². The number of piperidine rings is 1. The van der Waals surface area contributed by atoms with Crippen LogP contribution in [-0.2, 0) is 11.3 Å². The van der Waals surface area contributed by atoms with Crippen LogP contribution in [0.5, 0.6) is 0 Å². The average Bonchev–Trinajstić information content (AvgIpc) is 2.98. The number of ether oxygens (including phenoxy) is 1. The Balaban J connectivity index is 0.000000201. The van der Waals surface area contributed by atoms with E-state index in [1.54, 1.807) is 6.20 Å². The Morgan fingerprint density at radius 3 is 2.35 bits per heavy atom. The van der Waals surface area contributed by atoms with E-state index in [-0.39, 0.29) is 11.7 Å². The van der Waals surface area contributed by atoms with Crippen LogP contribution in [0.4, 0.5) is 5.82 Å². The lowest BCUT2D eigenvalue weighted by molar-refractivity contribution is 0.0903. The number of amides is 1. The average molecular weight is 614 g/mol. The minimum atomic E-state index is -0.357. The number of rotatable bonds is 7. The number of nitriles is 1. The largest absolute Gasteiger partial charge is 0.381 e. The Kier molecular flexibility index (Phi) is 11.7. The number of halogens is 1. The fourth-order valence-corrected chi connectivity index (χ4v) is 5.64. The van der Waals surface area contributed by atoms with Crippen molar-refractivity contribution in [2.75, 3.05) is 71.4 Å². The number of aromatic nitrogens is 2. The van der Waals surface area contributed by atoms with Crippen molar-refractivity contribution in [2.24, 2.45) is 11.7 Å². The van der Waals surface area contributed by atoms with Gasteiger partial charge in [0.1, 0.15) is 11.9 Å². The molecule has 0 aliphatic carbocycles. The van der Waals surface area contributed by atoms with Crippen LogP contribution in [0, 0.1) is 17.2 Å². The molecule has 1 aromatic carbocycles. The van der Waals surface area contributed by atoms with Gasteiger partial charge in [0.2, 0.25) is 11.7 Å². The van der Waals surface area contributed by atoms with E-state index >= 15 is 0 Å². The van der Waals surface area contributed by atoms with E-state index < -0.39 is 0 Å². The summed E-state index contributed by atoms with van der Waals surface area (Å²) in [4.78, 5) is 26.7. The van der Waals surface area contributed by atoms with Gasteiger partial charge in [-0.15, -0.1) is 0 Å². The normalized spacial score (nSPS) is 19.8. The van der Waals surface area contributed by atoms with Crippen molar-refractivity contribution in [1.82, 2.24) is 24.7 Å². The van der Waals surface area contributed by atoms with Crippen LogP contribution in [0.25, 0.3) is 0 Å². The van der Waals surface area contributed by atoms with Gasteiger partial charge >= 0.3 is 0 Å². The molecule has 3 N–H and O–H groups in total. The maximum Gasteiger partial charge on any atom is 0.248 e. The number of carbonyl (C=O) groups excluding carboxylic acids is 1. The van der Waals surface area contributed by atoms with Crippen LogP contribution in [0.1, 0.15) is 47.4 Å². The zero-order valence-corrected chi connectivity index (χ0v) is 25.0. The molecule has 0 atom stereocenters. The third-order valence-electron chi connectivity index (χ3n) is 7.87. The number of likely N-dealkylation sites (tertiary alicyclic amines) is 1. The summed E-state index contributed by atoms with van der Waals surface area (Å²) in [7, 11) is 2.23. The van der Waals surface area contributed by atoms with Gasteiger partial charge in [-0.3, -0.25) is 9.69 Å². The Bertz CT molecular complexity index is 1120. The summed E-state index contributed by atoms with van der Waals surface area (Å²) in [5.74, 6) is 1.38. The van der Waals surface area contributed by atoms with Gasteiger partial charge in [0.05, 0.1) is 4.47 Å². The van der Waals surface area contributed by atoms with Crippen molar-refractivity contribution in [2.45, 2.75) is 38.3 Å². The highest BCUT2D eigenvalue weighted by Crippen LogP contribution is 2.22. The summed E-state index contributed by atoms with van der Waals surface area (Å²) in [6, 6.07) is 9.97. The van der Waals surface area contributed by atoms with E-state index in [2.05, 4.69) is 53.0 Å². The number of nitrogens with zero attached hydrogens (tertiary/aromatic N) is 6. The smallest absolute Gasteiger partial charge is 0.248 e. The minimum Gasteiger partial charge on any atom is -0.381 e. The summed E-state index contributed by atoms with van der Waals surface area (Å²) in [5.41, 5.74) is 7.13. The highest BCUT2D eigenvalue weighted by Gasteiger charge is 2.23. The lowest BCUT2D eigenvalue weighted by atomic mass is 9.96. The molecular formula is C29H41BrN8O2. The number of hydrogen-bond donors (Lipinski definition) is 2. The fourth-order valence-electron chi connectivity index (χ4n) is 5.33. The Hall–Kier alpha value is -2.62. The molecule has 3 aliphatic heterocycles. The topological polar surface area (TPSA) is 124 Å². The maximum absolute atomic E-state index is 11.1. The summed E-state index contributed by atoms with van der Waals surface area (Å²) in [6.45, 7) is 10.9. The molecule has 0 radical (unpaired) electrons. The van der Waals surface area contributed by atoms with Gasteiger partial charge in [0.25, 0.3) is 0 Å². The molecule has 40 heavy (non-hydrogen) atoms. The quantitative estimate of drug-likeness (QED) is 0.485. The van der Waals surface area contributed by atoms with E-state index in [1.807, 2.05) is 30.3 Å². The fraction of sp³-hybridized carbons (Fsp3) is 0.586. The zero-order chi connectivity index (χ0) is 28.3. The predicted molar refractivity (Wildman–Crippen MR) is 159 cm³/mol. The van der Waals surface area contributed by atoms with Gasteiger partial charge in [-0.2, -0.15) is 5.26 Å². The molecule has 216 valence electrons. The first-order chi connectivity index (χ1) is 19.4. The molecule has 1 aromatic heterocycles. The maximum atomic E-state index is 11.1. The highest BCUT2D eigenvalue weighted by atomic mass is 79.9. The van der Waals surface area contributed by atoms with Crippen LogP contribution in [0.2, 0.25) is 0 Å². The number of piperazine rings is 1. The van der Waals surface area contributed by atoms with E-state index in [0.29, 0.717) is 17.4 Å². The molecule has 3 aliphatic rings. The molecule has 3 saturated heterocycles. The third kappa shape index (κ3) is 9.49. The molecule has 1 amide bonds. The van der Waals surface area contributed by atoms with Crippen molar-refractivity contribution in [3.05, 3.63) is 51.9 Å². The standard InChI is InChI=1S/C19H30N4O.C10H11BrN4O/c1-21-8-6-17(7-9-21)15-23-12-10-22(11-13-23)14-16-2-4-18(5-3-16)19(20)24;11-8-6-13-9(5-12)15-10(8)14-7-1-3-16-4-2-7/h2-5,17H,6-15H2,1H3,(H2,20,24);6-7H,1-4H2,(H,13,14,15). The lowest BCUT2D eigenvalue weighted by Gasteiger charge is -2.38. The van der Waals surface area contributed by atoms with Gasteiger partial charge < -0.3 is 25.6 Å². The van der Waals surface area contributed by atoms with Gasteiger partial charge in [-0.05, 0) is 85.4 Å². The summed E-state index contributed by atoms with van der Waals surface area (Å²) < 4.78 is 6.05. The highest BCUT2D eigenvalue weighted by molar-refractivity contribution is 9.10. The Labute approximate surface area is 246 Å². The Morgan fingerprint density at radius 1 is 1.07 bits per heavy atom. The molecule has 3 fully saturated rings. The van der Waals surface area contributed by atoms with Gasteiger partial charge in [0.15, 0.2) is 0 Å². The number of nitrogens with two attached hydrogens (primary N) is 1. The van der Waals surface area contributed by atoms with E-state index in [9.17, 15) is 4.79 Å². The first-order valence-corrected chi connectivity index (χ1v) is 15.0. The predicted octanol–water partition coefficient (Wildman–Crippen LogP) is 2.95. The summed E-state index contributed by atoms with van der Waals surface area (Å²) in [5, 5.41) is 12.0. The molecule has 2 aromatic rings. The van der Waals surface area contributed by atoms with Gasteiger partial charge in [-0.25, -0.2) is 9.97 Å². The summed E-state index contributed by atoms with van der Waals surface area (Å²) in [6.07, 6.45) is 6.20. The van der Waals surface area contributed by atoms with Crippen LogP contribution in [0.3, 0.4) is 0 Å². The van der Waals surface area contributed by atoms with E-state index in [0.717, 1.165) is 56.1 Å². The van der Waals surface area contributed by atoms with Crippen molar-refractivity contribution in [3.63, 3.8) is 0 Å². The SMILES string of the molecule is CN1CCC(CN2CCN(Cc3ccc(C(N)=O)cc3)CC2)CC1.N#Cc1ncc(Br)c(NC2CCOCC2)n1. The van der Waals surface area contributed by atoms with Crippen LogP contribution >= 0.6 is 15.9 Å². The number of primary amides is 1. The first kappa shape index (κ1) is 30.3. The number of hydrogen-bond acceptors (Lipinski definition) is 9. The molecule has 5 rings (SSSR count). The number of carbonyl (C=O) groups is 1. The first-order valence-electron chi connectivity index (χ1n) is 14.2. The van der Waals surface area contributed by atoms with Crippen molar-refractivity contribution >= 4 is 27.7 Å². The molecule has 0 spiro atoms. The Morgan fingerprint density at radius 2 is 1.73 bits per heavy atom. The van der Waals surface area contributed by atoms with Gasteiger partial charge in [-0.1, -0.05) is 12.1 Å². The van der Waals surface area contributed by atoms with Crippen molar-refractivity contribution in [1.29, 1.82) is 5.26 Å². The lowest BCUT2D eigenvalue weighted by Crippen LogP contribution is -2.48. The minimum absolute atomic E-state index is 0.178. The van der Waals surface area contributed by atoms with Crippen molar-refractivity contribution < 1.29 is 9.53 Å². The molecule has 0 bridgehead atoms. The zero-order valence-electron chi connectivity index (χ0n) is 23.4. The number of nitrogens with one attached hydrogen (secondary N) is 1. The summed E-state index contributed by atoms with van der Waals surface area (Å²) >= 11 is 3.36. The second kappa shape index (κ2) is 15.4. The molecule has 0 saturated carbocycles. The third-order valence-corrected chi connectivity index (χ3v) is 8.45. The number of benzene rings is 1. The number of anilines is 1. The van der Waals surface area contributed by atoms with Crippen LogP contribution in [0.15, 0.2) is 34.9 Å². The molecule has 11 heteroatoms. The monoisotopic (exact) mass is 612 g/mol. The second-order valence-electron chi connectivity index (χ2n) is 10.9. The van der Waals surface area contributed by atoms with E-state index in [1.165, 1.54) is 51.1 Å². The molecule has 4 heterocycles. The molecule has 0 unspecified atom stereocenters. The van der Waals surface area contributed by atoms with Crippen LogP contribution < -0.4 is 11.1 Å². The molecular weight excluding hydrogens is 572 g/mol. The molecule has 10 nitrogen and oxygen atoms in total. The second-order valence-corrected chi connectivity index (χ2v) is 11.8.